The number of carboxylic acid groups (broad SMARTS) is 1. The normalized spacial score (nSPS) is 22.4. The first-order chi connectivity index (χ1) is 7.30. The molecule has 0 aliphatic carbocycles. The van der Waals surface area contributed by atoms with Crippen molar-refractivity contribution in [1.82, 2.24) is 9.80 Å². The van der Waals surface area contributed by atoms with Gasteiger partial charge in [-0.1, -0.05) is 0 Å². The minimum absolute atomic E-state index is 0.257. The molecule has 0 radical (unpaired) electrons. The van der Waals surface area contributed by atoms with Crippen molar-refractivity contribution in [2.24, 2.45) is 5.73 Å². The van der Waals surface area contributed by atoms with Crippen LogP contribution in [0.25, 0.3) is 0 Å². The summed E-state index contributed by atoms with van der Waals surface area (Å²) in [6, 6.07) is 0.257. The van der Waals surface area contributed by atoms with Crippen LogP contribution in [-0.4, -0.2) is 58.8 Å². The molecular formula is C11H23N3O2. The lowest BCUT2D eigenvalue weighted by atomic mass is 10.1. The Labute approximate surface area is 97.2 Å². The molecule has 1 heterocycles. The number of nitrogens with two attached hydrogens (primary N) is 1. The first-order valence-electron chi connectivity index (χ1n) is 5.79. The van der Waals surface area contributed by atoms with Gasteiger partial charge >= 0.3 is 6.09 Å². The summed E-state index contributed by atoms with van der Waals surface area (Å²) in [7, 11) is 0. The van der Waals surface area contributed by atoms with Gasteiger partial charge in [-0.2, -0.15) is 0 Å². The summed E-state index contributed by atoms with van der Waals surface area (Å²) >= 11 is 0. The molecule has 1 fully saturated rings. The molecule has 5 heteroatoms. The van der Waals surface area contributed by atoms with E-state index in [-0.39, 0.29) is 11.6 Å². The van der Waals surface area contributed by atoms with Crippen molar-refractivity contribution in [1.29, 1.82) is 0 Å². The molecule has 0 aromatic heterocycles. The lowest BCUT2D eigenvalue weighted by Gasteiger charge is -2.34. The number of nitrogens with zero attached hydrogens (tertiary/aromatic N) is 2. The highest BCUT2D eigenvalue weighted by atomic mass is 16.4. The monoisotopic (exact) mass is 229 g/mol. The van der Waals surface area contributed by atoms with Gasteiger partial charge in [-0.05, 0) is 33.7 Å². The van der Waals surface area contributed by atoms with Crippen molar-refractivity contribution < 1.29 is 9.90 Å². The fourth-order valence-corrected chi connectivity index (χ4v) is 2.03. The van der Waals surface area contributed by atoms with Crippen LogP contribution in [0.5, 0.6) is 0 Å². The third-order valence-electron chi connectivity index (χ3n) is 2.99. The predicted octanol–water partition coefficient (Wildman–Crippen LogP) is 0.798. The maximum Gasteiger partial charge on any atom is 0.407 e. The Kier molecular flexibility index (Phi) is 4.15. The van der Waals surface area contributed by atoms with Crippen molar-refractivity contribution in [2.45, 2.75) is 38.8 Å². The second-order valence-electron chi connectivity index (χ2n) is 5.45. The van der Waals surface area contributed by atoms with Gasteiger partial charge in [0.05, 0.1) is 0 Å². The standard InChI is InChI=1S/C11H23N3O2/c1-11(2,3)14(10(15)16)7-6-13-5-4-9(12)8-13/h9H,4-8,12H2,1-3H3,(H,15,16)/t9-/m0/s1. The number of hydrogen-bond donors (Lipinski definition) is 2. The molecule has 0 spiro atoms. The van der Waals surface area contributed by atoms with Gasteiger partial charge in [0.25, 0.3) is 0 Å². The van der Waals surface area contributed by atoms with Crippen molar-refractivity contribution in [3.05, 3.63) is 0 Å². The van der Waals surface area contributed by atoms with E-state index in [0.29, 0.717) is 6.54 Å². The summed E-state index contributed by atoms with van der Waals surface area (Å²) in [6.07, 6.45) is 0.166. The van der Waals surface area contributed by atoms with Crippen molar-refractivity contribution in [3.8, 4) is 0 Å². The van der Waals surface area contributed by atoms with Gasteiger partial charge in [0.15, 0.2) is 0 Å². The van der Waals surface area contributed by atoms with Crippen molar-refractivity contribution in [3.63, 3.8) is 0 Å². The van der Waals surface area contributed by atoms with Crippen LogP contribution in [-0.2, 0) is 0 Å². The molecule has 16 heavy (non-hydrogen) atoms. The van der Waals surface area contributed by atoms with Crippen LogP contribution >= 0.6 is 0 Å². The molecule has 0 unspecified atom stereocenters. The Bertz CT molecular complexity index is 250. The lowest BCUT2D eigenvalue weighted by Crippen LogP contribution is -2.48. The minimum Gasteiger partial charge on any atom is -0.465 e. The Morgan fingerprint density at radius 2 is 2.19 bits per heavy atom. The quantitative estimate of drug-likeness (QED) is 0.751. The third-order valence-corrected chi connectivity index (χ3v) is 2.99. The average Bonchev–Trinajstić information content (AvgIpc) is 2.48. The smallest absolute Gasteiger partial charge is 0.407 e. The van der Waals surface area contributed by atoms with Gasteiger partial charge < -0.3 is 15.7 Å². The average molecular weight is 229 g/mol. The number of likely N-dealkylation sites (tertiary alicyclic amines) is 1. The first-order valence-corrected chi connectivity index (χ1v) is 5.79. The van der Waals surface area contributed by atoms with Crippen molar-refractivity contribution in [2.75, 3.05) is 26.2 Å². The molecular weight excluding hydrogens is 206 g/mol. The highest BCUT2D eigenvalue weighted by Gasteiger charge is 2.27. The van der Waals surface area contributed by atoms with Crippen LogP contribution in [0.2, 0.25) is 0 Å². The number of hydrogen-bond acceptors (Lipinski definition) is 3. The second-order valence-corrected chi connectivity index (χ2v) is 5.45. The fourth-order valence-electron chi connectivity index (χ4n) is 2.03. The molecule has 5 nitrogen and oxygen atoms in total. The Balaban J connectivity index is 2.42. The highest BCUT2D eigenvalue weighted by Crippen LogP contribution is 2.14. The maximum atomic E-state index is 11.1. The highest BCUT2D eigenvalue weighted by molar-refractivity contribution is 5.65. The molecule has 1 amide bonds. The Hall–Kier alpha value is -0.810. The summed E-state index contributed by atoms with van der Waals surface area (Å²) in [6.45, 7) is 8.93. The molecule has 0 bridgehead atoms. The number of rotatable bonds is 3. The molecule has 1 saturated heterocycles. The van der Waals surface area contributed by atoms with Crippen LogP contribution in [0.4, 0.5) is 4.79 Å². The molecule has 3 N–H and O–H groups in total. The second kappa shape index (κ2) is 5.01. The third kappa shape index (κ3) is 3.64. The summed E-state index contributed by atoms with van der Waals surface area (Å²) < 4.78 is 0. The molecule has 1 atom stereocenters. The van der Waals surface area contributed by atoms with Gasteiger partial charge in [0.1, 0.15) is 0 Å². The number of amides is 1. The van der Waals surface area contributed by atoms with E-state index >= 15 is 0 Å². The van der Waals surface area contributed by atoms with E-state index in [1.54, 1.807) is 0 Å². The van der Waals surface area contributed by atoms with E-state index in [9.17, 15) is 4.79 Å². The lowest BCUT2D eigenvalue weighted by molar-refractivity contribution is 0.0933. The molecule has 1 rings (SSSR count). The Morgan fingerprint density at radius 3 is 2.56 bits per heavy atom. The van der Waals surface area contributed by atoms with Gasteiger partial charge in [-0.15, -0.1) is 0 Å². The van der Waals surface area contributed by atoms with E-state index in [0.717, 1.165) is 26.1 Å². The number of carbonyl (C=O) groups is 1. The van der Waals surface area contributed by atoms with Crippen LogP contribution in [0.15, 0.2) is 0 Å². The van der Waals surface area contributed by atoms with Gasteiger partial charge in [0, 0.05) is 31.2 Å². The van der Waals surface area contributed by atoms with E-state index in [1.165, 1.54) is 4.90 Å². The summed E-state index contributed by atoms with van der Waals surface area (Å²) in [4.78, 5) is 14.8. The van der Waals surface area contributed by atoms with Crippen LogP contribution in [0, 0.1) is 0 Å². The van der Waals surface area contributed by atoms with E-state index in [4.69, 9.17) is 10.8 Å². The maximum absolute atomic E-state index is 11.1. The van der Waals surface area contributed by atoms with E-state index in [2.05, 4.69) is 4.90 Å². The topological polar surface area (TPSA) is 69.8 Å². The zero-order chi connectivity index (χ0) is 12.3. The van der Waals surface area contributed by atoms with Crippen molar-refractivity contribution >= 4 is 6.09 Å². The molecule has 1 aliphatic heterocycles. The molecule has 0 aromatic rings. The summed E-state index contributed by atoms with van der Waals surface area (Å²) in [5.41, 5.74) is 5.47. The summed E-state index contributed by atoms with van der Waals surface area (Å²) in [5.74, 6) is 0. The van der Waals surface area contributed by atoms with Crippen LogP contribution < -0.4 is 5.73 Å². The molecule has 1 aliphatic rings. The van der Waals surface area contributed by atoms with Crippen LogP contribution in [0.3, 0.4) is 0 Å². The Morgan fingerprint density at radius 1 is 1.56 bits per heavy atom. The molecule has 94 valence electrons. The minimum atomic E-state index is -0.851. The first kappa shape index (κ1) is 13.3. The van der Waals surface area contributed by atoms with E-state index in [1.807, 2.05) is 20.8 Å². The SMILES string of the molecule is CC(C)(C)N(CCN1CC[C@H](N)C1)C(=O)O. The predicted molar refractivity (Wildman–Crippen MR) is 63.5 cm³/mol. The van der Waals surface area contributed by atoms with Gasteiger partial charge in [0.2, 0.25) is 0 Å². The molecule has 0 aromatic carbocycles. The fraction of sp³-hybridized carbons (Fsp3) is 0.909. The summed E-state index contributed by atoms with van der Waals surface area (Å²) in [5, 5.41) is 9.12. The van der Waals surface area contributed by atoms with Crippen LogP contribution in [0.1, 0.15) is 27.2 Å². The zero-order valence-electron chi connectivity index (χ0n) is 10.4. The largest absolute Gasteiger partial charge is 0.465 e. The zero-order valence-corrected chi connectivity index (χ0v) is 10.4. The van der Waals surface area contributed by atoms with Gasteiger partial charge in [-0.25, -0.2) is 4.79 Å². The van der Waals surface area contributed by atoms with Gasteiger partial charge in [-0.3, -0.25) is 4.90 Å². The van der Waals surface area contributed by atoms with E-state index < -0.39 is 6.09 Å². The molecule has 0 saturated carbocycles.